The summed E-state index contributed by atoms with van der Waals surface area (Å²) in [6, 6.07) is 12.6. The zero-order valence-corrected chi connectivity index (χ0v) is 13.5. The maximum Gasteiger partial charge on any atom is 0.203 e. The van der Waals surface area contributed by atoms with E-state index in [-0.39, 0.29) is 0 Å². The van der Waals surface area contributed by atoms with Gasteiger partial charge in [0.05, 0.1) is 11.9 Å². The van der Waals surface area contributed by atoms with Gasteiger partial charge in [0, 0.05) is 26.3 Å². The van der Waals surface area contributed by atoms with Crippen LogP contribution >= 0.6 is 22.7 Å². The normalized spacial score (nSPS) is 11.1. The van der Waals surface area contributed by atoms with Crippen molar-refractivity contribution in [1.82, 2.24) is 4.98 Å². The molecule has 0 unspecified atom stereocenters. The maximum atomic E-state index is 4.32. The Bertz CT molecular complexity index is 771. The van der Waals surface area contributed by atoms with E-state index in [2.05, 4.69) is 52.8 Å². The van der Waals surface area contributed by atoms with Gasteiger partial charge in [0.25, 0.3) is 0 Å². The Labute approximate surface area is 132 Å². The first-order valence-electron chi connectivity index (χ1n) is 6.59. The molecule has 21 heavy (non-hydrogen) atoms. The molecule has 0 aliphatic carbocycles. The predicted molar refractivity (Wildman–Crippen MR) is 92.6 cm³/mol. The Hall–Kier alpha value is -1.98. The van der Waals surface area contributed by atoms with Crippen molar-refractivity contribution in [2.24, 2.45) is 5.10 Å². The molecule has 0 saturated heterocycles. The molecule has 3 aromatic rings. The standard InChI is InChI=1S/C16H15N3S2/c1-11-10-20-16(18-11)19-17-9-13-5-3-4-6-14(13)15-8-7-12(2)21-15/h3-10H,1-2H3,(H,18,19). The number of nitrogens with one attached hydrogen (secondary N) is 1. The van der Waals surface area contributed by atoms with Crippen molar-refractivity contribution in [2.45, 2.75) is 13.8 Å². The first-order chi connectivity index (χ1) is 10.2. The zero-order chi connectivity index (χ0) is 14.7. The summed E-state index contributed by atoms with van der Waals surface area (Å²) in [5.41, 5.74) is 6.29. The monoisotopic (exact) mass is 313 g/mol. The van der Waals surface area contributed by atoms with E-state index in [4.69, 9.17) is 0 Å². The molecule has 0 amide bonds. The number of thiazole rings is 1. The second-order valence-corrected chi connectivity index (χ2v) is 6.81. The van der Waals surface area contributed by atoms with E-state index in [1.807, 2.05) is 24.6 Å². The third-order valence-electron chi connectivity index (χ3n) is 2.95. The average molecular weight is 313 g/mol. The number of anilines is 1. The van der Waals surface area contributed by atoms with Gasteiger partial charge in [-0.05, 0) is 26.0 Å². The van der Waals surface area contributed by atoms with Gasteiger partial charge in [0.2, 0.25) is 5.13 Å². The highest BCUT2D eigenvalue weighted by Gasteiger charge is 2.05. The van der Waals surface area contributed by atoms with Gasteiger partial charge in [-0.25, -0.2) is 4.98 Å². The first kappa shape index (κ1) is 14.0. The molecule has 5 heteroatoms. The number of hydrogen-bond acceptors (Lipinski definition) is 5. The molecule has 0 radical (unpaired) electrons. The molecule has 0 atom stereocenters. The fourth-order valence-corrected chi connectivity index (χ4v) is 3.53. The summed E-state index contributed by atoms with van der Waals surface area (Å²) in [5, 5.41) is 7.11. The van der Waals surface area contributed by atoms with Crippen LogP contribution in [0.1, 0.15) is 16.1 Å². The van der Waals surface area contributed by atoms with Crippen LogP contribution in [0.2, 0.25) is 0 Å². The average Bonchev–Trinajstić information content (AvgIpc) is 3.08. The van der Waals surface area contributed by atoms with E-state index < -0.39 is 0 Å². The summed E-state index contributed by atoms with van der Waals surface area (Å²) < 4.78 is 0. The number of aromatic nitrogens is 1. The largest absolute Gasteiger partial charge is 0.253 e. The van der Waals surface area contributed by atoms with Gasteiger partial charge in [0.1, 0.15) is 0 Å². The zero-order valence-electron chi connectivity index (χ0n) is 11.8. The molecule has 106 valence electrons. The number of thiophene rings is 1. The summed E-state index contributed by atoms with van der Waals surface area (Å²) in [6.07, 6.45) is 1.85. The van der Waals surface area contributed by atoms with Crippen LogP contribution in [0.15, 0.2) is 46.9 Å². The van der Waals surface area contributed by atoms with Crippen LogP contribution in [0, 0.1) is 13.8 Å². The third-order valence-corrected chi connectivity index (χ3v) is 4.85. The molecule has 0 aliphatic heterocycles. The summed E-state index contributed by atoms with van der Waals surface area (Å²) >= 11 is 3.35. The minimum absolute atomic E-state index is 0.813. The Kier molecular flexibility index (Phi) is 4.13. The van der Waals surface area contributed by atoms with Crippen LogP contribution in [0.25, 0.3) is 10.4 Å². The van der Waals surface area contributed by atoms with Crippen molar-refractivity contribution >= 4 is 34.0 Å². The third kappa shape index (κ3) is 3.37. The second kappa shape index (κ2) is 6.20. The van der Waals surface area contributed by atoms with E-state index in [9.17, 15) is 0 Å². The molecular weight excluding hydrogens is 298 g/mol. The molecule has 3 nitrogen and oxygen atoms in total. The Morgan fingerprint density at radius 3 is 2.71 bits per heavy atom. The number of nitrogens with zero attached hydrogens (tertiary/aromatic N) is 2. The van der Waals surface area contributed by atoms with Crippen LogP contribution in [-0.2, 0) is 0 Å². The second-order valence-electron chi connectivity index (χ2n) is 4.66. The lowest BCUT2D eigenvalue weighted by Gasteiger charge is -2.02. The lowest BCUT2D eigenvalue weighted by atomic mass is 10.1. The number of rotatable bonds is 4. The minimum Gasteiger partial charge on any atom is -0.253 e. The highest BCUT2D eigenvalue weighted by Crippen LogP contribution is 2.29. The van der Waals surface area contributed by atoms with E-state index in [1.165, 1.54) is 15.3 Å². The molecule has 0 spiro atoms. The molecule has 2 heterocycles. The number of aryl methyl sites for hydroxylation is 2. The Morgan fingerprint density at radius 2 is 2.00 bits per heavy atom. The molecule has 0 fully saturated rings. The topological polar surface area (TPSA) is 37.3 Å². The summed E-state index contributed by atoms with van der Waals surface area (Å²) in [7, 11) is 0. The SMILES string of the molecule is Cc1csc(NN=Cc2ccccc2-c2ccc(C)s2)n1. The van der Waals surface area contributed by atoms with Crippen LogP contribution < -0.4 is 5.43 Å². The summed E-state index contributed by atoms with van der Waals surface area (Å²) in [5.74, 6) is 0. The van der Waals surface area contributed by atoms with Crippen LogP contribution in [0.3, 0.4) is 0 Å². The quantitative estimate of drug-likeness (QED) is 0.547. The van der Waals surface area contributed by atoms with Gasteiger partial charge in [0.15, 0.2) is 0 Å². The predicted octanol–water partition coefficient (Wildman–Crippen LogP) is 4.93. The van der Waals surface area contributed by atoms with Crippen LogP contribution in [-0.4, -0.2) is 11.2 Å². The van der Waals surface area contributed by atoms with Gasteiger partial charge in [-0.15, -0.1) is 22.7 Å². The highest BCUT2D eigenvalue weighted by molar-refractivity contribution is 7.15. The van der Waals surface area contributed by atoms with E-state index >= 15 is 0 Å². The highest BCUT2D eigenvalue weighted by atomic mass is 32.1. The molecule has 3 rings (SSSR count). The van der Waals surface area contributed by atoms with Crippen LogP contribution in [0.4, 0.5) is 5.13 Å². The van der Waals surface area contributed by atoms with Crippen molar-refractivity contribution in [1.29, 1.82) is 0 Å². The van der Waals surface area contributed by atoms with Crippen molar-refractivity contribution in [2.75, 3.05) is 5.43 Å². The summed E-state index contributed by atoms with van der Waals surface area (Å²) in [6.45, 7) is 4.09. The Balaban J connectivity index is 1.82. The van der Waals surface area contributed by atoms with Crippen molar-refractivity contribution in [3.63, 3.8) is 0 Å². The number of hydrazone groups is 1. The maximum absolute atomic E-state index is 4.32. The van der Waals surface area contributed by atoms with Gasteiger partial charge in [-0.1, -0.05) is 24.3 Å². The molecule has 2 aromatic heterocycles. The van der Waals surface area contributed by atoms with E-state index in [0.717, 1.165) is 16.4 Å². The smallest absolute Gasteiger partial charge is 0.203 e. The van der Waals surface area contributed by atoms with Crippen molar-refractivity contribution in [3.8, 4) is 10.4 Å². The van der Waals surface area contributed by atoms with E-state index in [0.29, 0.717) is 0 Å². The number of hydrogen-bond donors (Lipinski definition) is 1. The number of benzene rings is 1. The molecule has 0 bridgehead atoms. The molecule has 1 N–H and O–H groups in total. The van der Waals surface area contributed by atoms with Crippen LogP contribution in [0.5, 0.6) is 0 Å². The fourth-order valence-electron chi connectivity index (χ4n) is 1.98. The fraction of sp³-hybridized carbons (Fsp3) is 0.125. The minimum atomic E-state index is 0.813. The van der Waals surface area contributed by atoms with Crippen molar-refractivity contribution < 1.29 is 0 Å². The molecule has 1 aromatic carbocycles. The van der Waals surface area contributed by atoms with Gasteiger partial charge < -0.3 is 0 Å². The summed E-state index contributed by atoms with van der Waals surface area (Å²) in [4.78, 5) is 6.90. The molecule has 0 aliphatic rings. The lowest BCUT2D eigenvalue weighted by Crippen LogP contribution is -1.91. The molecule has 0 saturated carbocycles. The Morgan fingerprint density at radius 1 is 1.14 bits per heavy atom. The lowest BCUT2D eigenvalue weighted by molar-refractivity contribution is 1.22. The van der Waals surface area contributed by atoms with Gasteiger partial charge >= 0.3 is 0 Å². The van der Waals surface area contributed by atoms with Gasteiger partial charge in [-0.2, -0.15) is 5.10 Å². The van der Waals surface area contributed by atoms with E-state index in [1.54, 1.807) is 22.7 Å². The van der Waals surface area contributed by atoms with Crippen molar-refractivity contribution in [3.05, 3.63) is 57.9 Å². The molecular formula is C16H15N3S2. The van der Waals surface area contributed by atoms with Gasteiger partial charge in [-0.3, -0.25) is 5.43 Å². The first-order valence-corrected chi connectivity index (χ1v) is 8.29.